The van der Waals surface area contributed by atoms with E-state index in [2.05, 4.69) is 5.32 Å². The molecule has 1 heterocycles. The molecule has 1 N–H and O–H groups in total. The van der Waals surface area contributed by atoms with Crippen LogP contribution in [0.4, 0.5) is 11.4 Å². The van der Waals surface area contributed by atoms with Crippen molar-refractivity contribution in [3.8, 4) is 0 Å². The molecule has 0 unspecified atom stereocenters. The van der Waals surface area contributed by atoms with Crippen molar-refractivity contribution in [3.05, 3.63) is 83.8 Å². The minimum atomic E-state index is -0.758. The minimum Gasteiger partial charge on any atom is -0.465 e. The molecule has 0 aliphatic rings. The molecule has 2 aromatic carbocycles. The number of furan rings is 1. The monoisotopic (exact) mass is 464 g/mol. The second-order valence-electron chi connectivity index (χ2n) is 7.16. The number of nitrogens with one attached hydrogen (secondary N) is 1. The van der Waals surface area contributed by atoms with Crippen molar-refractivity contribution >= 4 is 35.1 Å². The number of carbonyl (C=O) groups is 4. The quantitative estimate of drug-likeness (QED) is 0.481. The first kappa shape index (κ1) is 24.2. The van der Waals surface area contributed by atoms with Crippen LogP contribution < -0.4 is 10.2 Å². The van der Waals surface area contributed by atoms with Gasteiger partial charge in [0.15, 0.2) is 12.4 Å². The third-order valence-electron chi connectivity index (χ3n) is 4.75. The summed E-state index contributed by atoms with van der Waals surface area (Å²) in [6.45, 7) is 2.71. The van der Waals surface area contributed by atoms with Crippen LogP contribution in [-0.4, -0.2) is 43.5 Å². The molecule has 0 aliphatic heterocycles. The Bertz CT molecular complexity index is 1160. The van der Waals surface area contributed by atoms with Crippen LogP contribution in [-0.2, 0) is 19.1 Å². The van der Waals surface area contributed by atoms with Crippen LogP contribution >= 0.6 is 0 Å². The van der Waals surface area contributed by atoms with E-state index in [9.17, 15) is 19.2 Å². The lowest BCUT2D eigenvalue weighted by Gasteiger charge is -2.21. The molecule has 0 saturated carbocycles. The summed E-state index contributed by atoms with van der Waals surface area (Å²) in [4.78, 5) is 50.8. The molecule has 2 amide bonds. The number of aryl methyl sites for hydroxylation is 1. The van der Waals surface area contributed by atoms with Crippen molar-refractivity contribution in [3.63, 3.8) is 0 Å². The fourth-order valence-corrected chi connectivity index (χ4v) is 3.03. The molecule has 176 valence electrons. The number of hydrogen-bond acceptors (Lipinski definition) is 7. The van der Waals surface area contributed by atoms with Gasteiger partial charge in [0.2, 0.25) is 0 Å². The zero-order chi connectivity index (χ0) is 24.5. The predicted molar refractivity (Wildman–Crippen MR) is 124 cm³/mol. The normalized spacial score (nSPS) is 10.3. The molecule has 0 bridgehead atoms. The number of benzene rings is 2. The topological polar surface area (TPSA) is 115 Å². The number of carbonyl (C=O) groups excluding carboxylic acids is 4. The SMILES string of the molecule is CCOC(=O)CN(C(=O)COC(=O)c1ccc(C)c(NC(=O)c2ccco2)c1)c1ccccc1. The van der Waals surface area contributed by atoms with Crippen molar-refractivity contribution in [2.24, 2.45) is 0 Å². The highest BCUT2D eigenvalue weighted by Gasteiger charge is 2.22. The van der Waals surface area contributed by atoms with E-state index in [-0.39, 0.29) is 24.5 Å². The van der Waals surface area contributed by atoms with Crippen LogP contribution in [0.25, 0.3) is 0 Å². The lowest BCUT2D eigenvalue weighted by molar-refractivity contribution is -0.142. The van der Waals surface area contributed by atoms with Gasteiger partial charge < -0.3 is 19.2 Å². The van der Waals surface area contributed by atoms with Gasteiger partial charge in [-0.1, -0.05) is 24.3 Å². The van der Waals surface area contributed by atoms with Gasteiger partial charge in [-0.05, 0) is 55.8 Å². The largest absolute Gasteiger partial charge is 0.465 e. The number of amides is 2. The molecule has 9 heteroatoms. The summed E-state index contributed by atoms with van der Waals surface area (Å²) < 4.78 is 15.2. The highest BCUT2D eigenvalue weighted by molar-refractivity contribution is 6.04. The van der Waals surface area contributed by atoms with Gasteiger partial charge in [0.25, 0.3) is 11.8 Å². The van der Waals surface area contributed by atoms with Crippen LogP contribution in [0.1, 0.15) is 33.4 Å². The molecule has 34 heavy (non-hydrogen) atoms. The second-order valence-corrected chi connectivity index (χ2v) is 7.16. The third-order valence-corrected chi connectivity index (χ3v) is 4.75. The van der Waals surface area contributed by atoms with E-state index in [1.54, 1.807) is 56.3 Å². The van der Waals surface area contributed by atoms with Crippen LogP contribution in [0.5, 0.6) is 0 Å². The maximum Gasteiger partial charge on any atom is 0.338 e. The molecule has 0 radical (unpaired) electrons. The maximum atomic E-state index is 12.8. The Hall–Kier alpha value is -4.40. The first-order valence-corrected chi connectivity index (χ1v) is 10.5. The second kappa shape index (κ2) is 11.5. The standard InChI is InChI=1S/C25H24N2O7/c1-3-32-23(29)15-27(19-8-5-4-6-9-19)22(28)16-34-25(31)18-12-11-17(2)20(14-18)26-24(30)21-10-7-13-33-21/h4-14H,3,15-16H2,1-2H3,(H,26,30). The first-order chi connectivity index (χ1) is 16.4. The van der Waals surface area contributed by atoms with Crippen LogP contribution in [0.2, 0.25) is 0 Å². The Balaban J connectivity index is 1.68. The fourth-order valence-electron chi connectivity index (χ4n) is 3.03. The van der Waals surface area contributed by atoms with Gasteiger partial charge >= 0.3 is 11.9 Å². The molecule has 0 fully saturated rings. The van der Waals surface area contributed by atoms with Gasteiger partial charge in [-0.15, -0.1) is 0 Å². The summed E-state index contributed by atoms with van der Waals surface area (Å²) in [5.41, 5.74) is 1.73. The Morgan fingerprint density at radius 1 is 0.971 bits per heavy atom. The van der Waals surface area contributed by atoms with Crippen LogP contribution in [0, 0.1) is 6.92 Å². The predicted octanol–water partition coefficient (Wildman–Crippen LogP) is 3.59. The van der Waals surface area contributed by atoms with Crippen LogP contribution in [0.3, 0.4) is 0 Å². The smallest absolute Gasteiger partial charge is 0.338 e. The third kappa shape index (κ3) is 6.32. The van der Waals surface area contributed by atoms with Crippen molar-refractivity contribution in [1.29, 1.82) is 0 Å². The Kier molecular flexibility index (Phi) is 8.17. The summed E-state index contributed by atoms with van der Waals surface area (Å²) >= 11 is 0. The average Bonchev–Trinajstić information content (AvgIpc) is 3.38. The van der Waals surface area contributed by atoms with E-state index in [1.807, 2.05) is 0 Å². The van der Waals surface area contributed by atoms with Crippen molar-refractivity contribution in [2.75, 3.05) is 30.0 Å². The van der Waals surface area contributed by atoms with Gasteiger partial charge in [0.05, 0.1) is 18.4 Å². The summed E-state index contributed by atoms with van der Waals surface area (Å²) in [5.74, 6) is -2.27. The minimum absolute atomic E-state index is 0.126. The maximum absolute atomic E-state index is 12.8. The van der Waals surface area contributed by atoms with E-state index >= 15 is 0 Å². The molecule has 3 aromatic rings. The summed E-state index contributed by atoms with van der Waals surface area (Å²) in [5, 5.41) is 2.68. The first-order valence-electron chi connectivity index (χ1n) is 10.5. The van der Waals surface area contributed by atoms with E-state index in [0.717, 1.165) is 5.56 Å². The number of ether oxygens (including phenoxy) is 2. The van der Waals surface area contributed by atoms with Crippen molar-refractivity contribution < 1.29 is 33.1 Å². The van der Waals surface area contributed by atoms with E-state index in [1.165, 1.54) is 29.4 Å². The lowest BCUT2D eigenvalue weighted by Crippen LogP contribution is -2.39. The lowest BCUT2D eigenvalue weighted by atomic mass is 10.1. The molecular formula is C25H24N2O7. The fraction of sp³-hybridized carbons (Fsp3) is 0.200. The highest BCUT2D eigenvalue weighted by Crippen LogP contribution is 2.19. The van der Waals surface area contributed by atoms with Crippen molar-refractivity contribution in [2.45, 2.75) is 13.8 Å². The number of rotatable bonds is 9. The zero-order valence-electron chi connectivity index (χ0n) is 18.8. The molecule has 1 aromatic heterocycles. The summed E-state index contributed by atoms with van der Waals surface area (Å²) in [6.07, 6.45) is 1.38. The molecule has 9 nitrogen and oxygen atoms in total. The molecule has 3 rings (SSSR count). The van der Waals surface area contributed by atoms with Gasteiger partial charge in [-0.2, -0.15) is 0 Å². The Morgan fingerprint density at radius 2 is 1.74 bits per heavy atom. The Morgan fingerprint density at radius 3 is 2.41 bits per heavy atom. The zero-order valence-corrected chi connectivity index (χ0v) is 18.8. The van der Waals surface area contributed by atoms with Crippen molar-refractivity contribution in [1.82, 2.24) is 0 Å². The number of anilines is 2. The Labute approximate surface area is 196 Å². The van der Waals surface area contributed by atoms with Gasteiger partial charge in [0, 0.05) is 11.4 Å². The molecule has 0 saturated heterocycles. The number of para-hydroxylation sites is 1. The summed E-state index contributed by atoms with van der Waals surface area (Å²) in [6, 6.07) is 16.3. The molecule has 0 aliphatic carbocycles. The van der Waals surface area contributed by atoms with Gasteiger partial charge in [-0.25, -0.2) is 4.79 Å². The van der Waals surface area contributed by atoms with Gasteiger partial charge in [0.1, 0.15) is 6.54 Å². The number of nitrogens with zero attached hydrogens (tertiary/aromatic N) is 1. The molecule has 0 atom stereocenters. The average molecular weight is 464 g/mol. The highest BCUT2D eigenvalue weighted by atomic mass is 16.5. The number of esters is 2. The van der Waals surface area contributed by atoms with Crippen LogP contribution in [0.15, 0.2) is 71.3 Å². The molecule has 0 spiro atoms. The van der Waals surface area contributed by atoms with E-state index in [0.29, 0.717) is 11.4 Å². The van der Waals surface area contributed by atoms with E-state index < -0.39 is 30.4 Å². The molecular weight excluding hydrogens is 440 g/mol. The number of hydrogen-bond donors (Lipinski definition) is 1. The summed E-state index contributed by atoms with van der Waals surface area (Å²) in [7, 11) is 0. The van der Waals surface area contributed by atoms with Gasteiger partial charge in [-0.3, -0.25) is 19.3 Å². The van der Waals surface area contributed by atoms with E-state index in [4.69, 9.17) is 13.9 Å².